The van der Waals surface area contributed by atoms with Gasteiger partial charge in [0.15, 0.2) is 0 Å². The van der Waals surface area contributed by atoms with E-state index in [-0.39, 0.29) is 11.9 Å². The summed E-state index contributed by atoms with van der Waals surface area (Å²) in [6, 6.07) is 9.02. The molecule has 0 saturated carbocycles. The number of carbonyl (C=O) groups is 2. The average Bonchev–Trinajstić information content (AvgIpc) is 3.14. The number of hydrogen-bond acceptors (Lipinski definition) is 4. The van der Waals surface area contributed by atoms with Crippen molar-refractivity contribution in [2.75, 3.05) is 11.4 Å². The first-order valence-electron chi connectivity index (χ1n) is 7.80. The zero-order valence-corrected chi connectivity index (χ0v) is 14.1. The summed E-state index contributed by atoms with van der Waals surface area (Å²) in [7, 11) is 0. The van der Waals surface area contributed by atoms with Crippen molar-refractivity contribution < 1.29 is 14.3 Å². The van der Waals surface area contributed by atoms with Crippen molar-refractivity contribution in [1.29, 1.82) is 0 Å². The van der Waals surface area contributed by atoms with Gasteiger partial charge in [0, 0.05) is 23.5 Å². The number of nitrogens with zero attached hydrogens (tertiary/aromatic N) is 1. The maximum Gasteiger partial charge on any atom is 0.353 e. The van der Waals surface area contributed by atoms with Crippen LogP contribution in [0.4, 0.5) is 5.69 Å². The second-order valence-corrected chi connectivity index (χ2v) is 6.83. The van der Waals surface area contributed by atoms with Gasteiger partial charge in [0.25, 0.3) is 0 Å². The monoisotopic (exact) mass is 329 g/mol. The third-order valence-corrected chi connectivity index (χ3v) is 5.11. The van der Waals surface area contributed by atoms with Crippen molar-refractivity contribution in [3.05, 3.63) is 45.6 Å². The Balaban J connectivity index is 1.70. The second-order valence-electron chi connectivity index (χ2n) is 5.58. The maximum atomic E-state index is 12.2. The topological polar surface area (TPSA) is 46.6 Å². The SMILES string of the molecule is CCc1cc(C(=O)Oc2ccc(N3CCCC3=O)cc2)sc1C. The molecule has 1 aromatic carbocycles. The minimum absolute atomic E-state index is 0.149. The van der Waals surface area contributed by atoms with Crippen LogP contribution in [-0.4, -0.2) is 18.4 Å². The van der Waals surface area contributed by atoms with E-state index in [1.807, 2.05) is 25.1 Å². The lowest BCUT2D eigenvalue weighted by molar-refractivity contribution is -0.117. The van der Waals surface area contributed by atoms with Crippen LogP contribution in [0.25, 0.3) is 0 Å². The highest BCUT2D eigenvalue weighted by Gasteiger charge is 2.21. The molecule has 0 N–H and O–H groups in total. The number of ether oxygens (including phenoxy) is 1. The Morgan fingerprint density at radius 1 is 1.30 bits per heavy atom. The van der Waals surface area contributed by atoms with Crippen LogP contribution < -0.4 is 9.64 Å². The van der Waals surface area contributed by atoms with Gasteiger partial charge in [0.05, 0.1) is 0 Å². The van der Waals surface area contributed by atoms with E-state index in [0.717, 1.165) is 30.0 Å². The molecular weight excluding hydrogens is 310 g/mol. The molecule has 4 nitrogen and oxygen atoms in total. The molecule has 1 saturated heterocycles. The van der Waals surface area contributed by atoms with Crippen molar-refractivity contribution in [2.45, 2.75) is 33.1 Å². The Bertz CT molecular complexity index is 733. The van der Waals surface area contributed by atoms with Crippen molar-refractivity contribution in [3.8, 4) is 5.75 Å². The fourth-order valence-corrected chi connectivity index (χ4v) is 3.73. The van der Waals surface area contributed by atoms with Crippen LogP contribution >= 0.6 is 11.3 Å². The first-order chi connectivity index (χ1) is 11.1. The lowest BCUT2D eigenvalue weighted by Crippen LogP contribution is -2.23. The van der Waals surface area contributed by atoms with Gasteiger partial charge in [-0.05, 0) is 55.7 Å². The first-order valence-corrected chi connectivity index (χ1v) is 8.62. The smallest absolute Gasteiger partial charge is 0.353 e. The summed E-state index contributed by atoms with van der Waals surface area (Å²) in [4.78, 5) is 27.5. The van der Waals surface area contributed by atoms with Crippen LogP contribution in [0.15, 0.2) is 30.3 Å². The number of hydrogen-bond donors (Lipinski definition) is 0. The zero-order valence-electron chi connectivity index (χ0n) is 13.3. The molecule has 1 aliphatic heterocycles. The summed E-state index contributed by atoms with van der Waals surface area (Å²) in [6.45, 7) is 4.84. The van der Waals surface area contributed by atoms with Gasteiger partial charge in [-0.2, -0.15) is 0 Å². The van der Waals surface area contributed by atoms with Gasteiger partial charge < -0.3 is 9.64 Å². The molecule has 120 valence electrons. The number of rotatable bonds is 4. The molecule has 0 bridgehead atoms. The van der Waals surface area contributed by atoms with Gasteiger partial charge in [-0.25, -0.2) is 4.79 Å². The molecule has 23 heavy (non-hydrogen) atoms. The van der Waals surface area contributed by atoms with Crippen molar-refractivity contribution in [1.82, 2.24) is 0 Å². The Morgan fingerprint density at radius 2 is 2.04 bits per heavy atom. The Kier molecular flexibility index (Phi) is 4.48. The fourth-order valence-electron chi connectivity index (χ4n) is 2.74. The number of esters is 1. The van der Waals surface area contributed by atoms with E-state index in [1.165, 1.54) is 16.9 Å². The number of benzene rings is 1. The number of carbonyl (C=O) groups excluding carboxylic acids is 2. The van der Waals surface area contributed by atoms with Crippen LogP contribution in [0.1, 0.15) is 39.9 Å². The molecule has 0 spiro atoms. The molecule has 0 aliphatic carbocycles. The van der Waals surface area contributed by atoms with Crippen molar-refractivity contribution >= 4 is 28.9 Å². The normalized spacial score (nSPS) is 14.3. The summed E-state index contributed by atoms with van der Waals surface area (Å²) in [5, 5.41) is 0. The molecule has 2 heterocycles. The Labute approximate surface area is 139 Å². The highest BCUT2D eigenvalue weighted by Crippen LogP contribution is 2.26. The van der Waals surface area contributed by atoms with Crippen LogP contribution in [0.5, 0.6) is 5.75 Å². The van der Waals surface area contributed by atoms with Gasteiger partial charge in [-0.3, -0.25) is 4.79 Å². The minimum atomic E-state index is -0.331. The predicted molar refractivity (Wildman–Crippen MR) is 91.4 cm³/mol. The average molecular weight is 329 g/mol. The Morgan fingerprint density at radius 3 is 2.61 bits per heavy atom. The molecule has 1 fully saturated rings. The quantitative estimate of drug-likeness (QED) is 0.630. The predicted octanol–water partition coefficient (Wildman–Crippen LogP) is 3.96. The molecule has 1 amide bonds. The van der Waals surface area contributed by atoms with Crippen molar-refractivity contribution in [2.24, 2.45) is 0 Å². The lowest BCUT2D eigenvalue weighted by atomic mass is 10.2. The summed E-state index contributed by atoms with van der Waals surface area (Å²) in [5.41, 5.74) is 2.04. The summed E-state index contributed by atoms with van der Waals surface area (Å²) in [5.74, 6) is 0.313. The van der Waals surface area contributed by atoms with E-state index in [1.54, 1.807) is 17.0 Å². The highest BCUT2D eigenvalue weighted by atomic mass is 32.1. The van der Waals surface area contributed by atoms with Crippen LogP contribution in [0, 0.1) is 6.92 Å². The lowest BCUT2D eigenvalue weighted by Gasteiger charge is -2.15. The second kappa shape index (κ2) is 6.54. The van der Waals surface area contributed by atoms with E-state index >= 15 is 0 Å². The van der Waals surface area contributed by atoms with Gasteiger partial charge in [0.1, 0.15) is 10.6 Å². The molecule has 3 rings (SSSR count). The molecule has 0 unspecified atom stereocenters. The van der Waals surface area contributed by atoms with Crippen molar-refractivity contribution in [3.63, 3.8) is 0 Å². The third kappa shape index (κ3) is 3.29. The molecule has 0 atom stereocenters. The Hall–Kier alpha value is -2.14. The van der Waals surface area contributed by atoms with E-state index < -0.39 is 0 Å². The van der Waals surface area contributed by atoms with E-state index in [2.05, 4.69) is 6.92 Å². The van der Waals surface area contributed by atoms with Crippen LogP contribution in [0.3, 0.4) is 0 Å². The molecule has 0 radical (unpaired) electrons. The van der Waals surface area contributed by atoms with E-state index in [4.69, 9.17) is 4.74 Å². The number of thiophene rings is 1. The molecule has 5 heteroatoms. The molecular formula is C18H19NO3S. The van der Waals surface area contributed by atoms with Crippen LogP contribution in [-0.2, 0) is 11.2 Å². The molecule has 1 aromatic heterocycles. The van der Waals surface area contributed by atoms with E-state index in [9.17, 15) is 9.59 Å². The number of amides is 1. The minimum Gasteiger partial charge on any atom is -0.422 e. The fraction of sp³-hybridized carbons (Fsp3) is 0.333. The molecule has 1 aliphatic rings. The van der Waals surface area contributed by atoms with Gasteiger partial charge in [0.2, 0.25) is 5.91 Å². The molecule has 2 aromatic rings. The number of anilines is 1. The highest BCUT2D eigenvalue weighted by molar-refractivity contribution is 7.14. The van der Waals surface area contributed by atoms with Gasteiger partial charge in [-0.15, -0.1) is 11.3 Å². The first kappa shape index (κ1) is 15.7. The van der Waals surface area contributed by atoms with Crippen LogP contribution in [0.2, 0.25) is 0 Å². The van der Waals surface area contributed by atoms with E-state index in [0.29, 0.717) is 17.0 Å². The largest absolute Gasteiger partial charge is 0.422 e. The standard InChI is InChI=1S/C18H19NO3S/c1-3-13-11-16(23-12(13)2)18(21)22-15-8-6-14(7-9-15)19-10-4-5-17(19)20/h6-9,11H,3-5,10H2,1-2H3. The summed E-state index contributed by atoms with van der Waals surface area (Å²) < 4.78 is 5.43. The summed E-state index contributed by atoms with van der Waals surface area (Å²) in [6.07, 6.45) is 2.41. The van der Waals surface area contributed by atoms with Gasteiger partial charge >= 0.3 is 5.97 Å². The van der Waals surface area contributed by atoms with Gasteiger partial charge in [-0.1, -0.05) is 6.92 Å². The summed E-state index contributed by atoms with van der Waals surface area (Å²) >= 11 is 1.46. The zero-order chi connectivity index (χ0) is 16.4. The third-order valence-electron chi connectivity index (χ3n) is 4.04. The number of aryl methyl sites for hydroxylation is 2. The maximum absolute atomic E-state index is 12.2.